The zero-order valence-electron chi connectivity index (χ0n) is 15.4. The van der Waals surface area contributed by atoms with Gasteiger partial charge in [-0.1, -0.05) is 11.2 Å². The summed E-state index contributed by atoms with van der Waals surface area (Å²) in [7, 11) is 0. The number of carbonyl (C=O) groups is 1. The number of carbonyl (C=O) groups excluding carboxylic acids is 1. The molecule has 1 N–H and O–H groups in total. The summed E-state index contributed by atoms with van der Waals surface area (Å²) < 4.78 is 44.0. The molecule has 9 heteroatoms. The molecule has 0 bridgehead atoms. The van der Waals surface area contributed by atoms with Crippen molar-refractivity contribution >= 4 is 11.9 Å². The monoisotopic (exact) mass is 394 g/mol. The smallest absolute Gasteiger partial charge is 0.403 e. The number of halogens is 3. The molecule has 1 amide bonds. The lowest BCUT2D eigenvalue weighted by molar-refractivity contribution is -0.137. The second-order valence-corrected chi connectivity index (χ2v) is 7.68. The third-order valence-electron chi connectivity index (χ3n) is 5.67. The van der Waals surface area contributed by atoms with Crippen LogP contribution in [0, 0.1) is 5.41 Å². The van der Waals surface area contributed by atoms with Crippen molar-refractivity contribution in [3.63, 3.8) is 0 Å². The van der Waals surface area contributed by atoms with E-state index in [4.69, 9.17) is 4.42 Å². The zero-order valence-corrected chi connectivity index (χ0v) is 15.4. The molecule has 28 heavy (non-hydrogen) atoms. The molecule has 4 rings (SSSR count). The lowest BCUT2D eigenvalue weighted by Crippen LogP contribution is -2.45. The summed E-state index contributed by atoms with van der Waals surface area (Å²) in [4.78, 5) is 14.5. The van der Waals surface area contributed by atoms with Gasteiger partial charge in [0.15, 0.2) is 0 Å². The summed E-state index contributed by atoms with van der Waals surface area (Å²) in [5, 5.41) is 10.5. The van der Waals surface area contributed by atoms with Gasteiger partial charge in [-0.2, -0.15) is 13.2 Å². The Morgan fingerprint density at radius 1 is 1.21 bits per heavy atom. The Labute approximate surface area is 160 Å². The summed E-state index contributed by atoms with van der Waals surface area (Å²) in [6.07, 6.45) is 0.176. The van der Waals surface area contributed by atoms with E-state index in [2.05, 4.69) is 15.5 Å². The van der Waals surface area contributed by atoms with Gasteiger partial charge in [-0.3, -0.25) is 4.79 Å². The Bertz CT molecular complexity index is 866. The van der Waals surface area contributed by atoms with Gasteiger partial charge in [-0.05, 0) is 56.2 Å². The van der Waals surface area contributed by atoms with Crippen LogP contribution in [0.25, 0.3) is 11.5 Å². The fourth-order valence-electron chi connectivity index (χ4n) is 3.63. The van der Waals surface area contributed by atoms with Crippen LogP contribution in [0.4, 0.5) is 19.2 Å². The minimum absolute atomic E-state index is 0.00364. The van der Waals surface area contributed by atoms with E-state index in [1.54, 1.807) is 6.92 Å². The molecule has 1 saturated carbocycles. The fraction of sp³-hybridized carbons (Fsp3) is 0.526. The Hall–Kier alpha value is -2.58. The summed E-state index contributed by atoms with van der Waals surface area (Å²) in [6, 6.07) is 4.11. The highest BCUT2D eigenvalue weighted by atomic mass is 19.4. The molecule has 1 aliphatic heterocycles. The molecule has 6 nitrogen and oxygen atoms in total. The number of nitrogens with one attached hydrogen (secondary N) is 1. The van der Waals surface area contributed by atoms with Crippen LogP contribution in [0.5, 0.6) is 0 Å². The van der Waals surface area contributed by atoms with Gasteiger partial charge < -0.3 is 14.6 Å². The summed E-state index contributed by atoms with van der Waals surface area (Å²) in [5.74, 6) is -0.0868. The van der Waals surface area contributed by atoms with Crippen molar-refractivity contribution < 1.29 is 22.4 Å². The molecule has 2 aromatic rings. The van der Waals surface area contributed by atoms with Crippen LogP contribution >= 0.6 is 0 Å². The van der Waals surface area contributed by atoms with E-state index in [9.17, 15) is 18.0 Å². The second kappa shape index (κ2) is 6.79. The normalized spacial score (nSPS) is 19.5. The third-order valence-corrected chi connectivity index (χ3v) is 5.67. The van der Waals surface area contributed by atoms with E-state index in [1.807, 2.05) is 4.90 Å². The van der Waals surface area contributed by atoms with Crippen LogP contribution in [0.15, 0.2) is 28.7 Å². The van der Waals surface area contributed by atoms with E-state index in [0.717, 1.165) is 38.1 Å². The van der Waals surface area contributed by atoms with Crippen molar-refractivity contribution in [2.45, 2.75) is 44.8 Å². The summed E-state index contributed by atoms with van der Waals surface area (Å²) in [5.41, 5.74) is -0.139. The van der Waals surface area contributed by atoms with Gasteiger partial charge in [0.2, 0.25) is 11.8 Å². The average molecular weight is 394 g/mol. The lowest BCUT2D eigenvalue weighted by atomic mass is 9.93. The highest BCUT2D eigenvalue weighted by Gasteiger charge is 2.45. The van der Waals surface area contributed by atoms with Crippen LogP contribution < -0.4 is 5.32 Å². The maximum atomic E-state index is 12.9. The number of nitrogens with zero attached hydrogens (tertiary/aromatic N) is 3. The molecule has 1 saturated heterocycles. The molecule has 0 unspecified atom stereocenters. The number of aromatic nitrogens is 2. The third kappa shape index (κ3) is 3.83. The van der Waals surface area contributed by atoms with Crippen LogP contribution in [-0.2, 0) is 11.0 Å². The Balaban J connectivity index is 1.40. The predicted octanol–water partition coefficient (Wildman–Crippen LogP) is 3.96. The van der Waals surface area contributed by atoms with Gasteiger partial charge in [0.1, 0.15) is 6.04 Å². The largest absolute Gasteiger partial charge is 0.416 e. The number of alkyl halides is 3. The minimum atomic E-state index is -4.45. The predicted molar refractivity (Wildman–Crippen MR) is 95.3 cm³/mol. The van der Waals surface area contributed by atoms with Gasteiger partial charge >= 0.3 is 12.2 Å². The van der Waals surface area contributed by atoms with Gasteiger partial charge in [-0.15, -0.1) is 5.10 Å². The first kappa shape index (κ1) is 18.8. The molecule has 2 heterocycles. The van der Waals surface area contributed by atoms with Gasteiger partial charge in [0, 0.05) is 18.7 Å². The van der Waals surface area contributed by atoms with E-state index in [-0.39, 0.29) is 23.4 Å². The van der Waals surface area contributed by atoms with Crippen LogP contribution in [0.3, 0.4) is 0 Å². The Kier molecular flexibility index (Phi) is 4.55. The molecular formula is C19H21F3N4O2. The molecular weight excluding hydrogens is 373 g/mol. The number of anilines is 1. The summed E-state index contributed by atoms with van der Waals surface area (Å²) >= 11 is 0. The number of amides is 1. The maximum absolute atomic E-state index is 12.9. The number of likely N-dealkylation sites (tertiary alicyclic amines) is 1. The van der Waals surface area contributed by atoms with Crippen molar-refractivity contribution in [3.05, 3.63) is 29.8 Å². The van der Waals surface area contributed by atoms with E-state index in [1.165, 1.54) is 25.0 Å². The Morgan fingerprint density at radius 2 is 1.93 bits per heavy atom. The molecule has 1 spiro atoms. The fourth-order valence-corrected chi connectivity index (χ4v) is 3.63. The standard InChI is InChI=1S/C19H21F3N4O2/c1-12(16(27)26-9-7-18(5-6-18)8-10-26)23-17-25-24-15(28-17)13-3-2-4-14(11-13)19(20,21)22/h2-4,11-12H,5-10H2,1H3,(H,23,25)/t12-/m1/s1. The highest BCUT2D eigenvalue weighted by molar-refractivity contribution is 5.83. The first-order valence-electron chi connectivity index (χ1n) is 9.32. The number of rotatable bonds is 4. The molecule has 1 aromatic carbocycles. The van der Waals surface area contributed by atoms with Crippen LogP contribution in [0.2, 0.25) is 0 Å². The van der Waals surface area contributed by atoms with Crippen molar-refractivity contribution in [2.75, 3.05) is 18.4 Å². The lowest BCUT2D eigenvalue weighted by Gasteiger charge is -2.33. The maximum Gasteiger partial charge on any atom is 0.416 e. The van der Waals surface area contributed by atoms with E-state index >= 15 is 0 Å². The first-order chi connectivity index (χ1) is 13.3. The van der Waals surface area contributed by atoms with Crippen molar-refractivity contribution in [2.24, 2.45) is 5.41 Å². The number of hydrogen-bond acceptors (Lipinski definition) is 5. The van der Waals surface area contributed by atoms with E-state index < -0.39 is 17.8 Å². The molecule has 150 valence electrons. The molecule has 1 aromatic heterocycles. The van der Waals surface area contributed by atoms with Crippen LogP contribution in [0.1, 0.15) is 38.2 Å². The number of piperidine rings is 1. The van der Waals surface area contributed by atoms with Crippen molar-refractivity contribution in [1.82, 2.24) is 15.1 Å². The summed E-state index contributed by atoms with van der Waals surface area (Å²) in [6.45, 7) is 3.21. The zero-order chi connectivity index (χ0) is 19.9. The highest BCUT2D eigenvalue weighted by Crippen LogP contribution is 2.53. The van der Waals surface area contributed by atoms with Gasteiger partial charge in [-0.25, -0.2) is 0 Å². The first-order valence-corrected chi connectivity index (χ1v) is 9.32. The molecule has 2 aliphatic rings. The number of benzene rings is 1. The molecule has 2 fully saturated rings. The molecule has 0 radical (unpaired) electrons. The minimum Gasteiger partial charge on any atom is -0.403 e. The quantitative estimate of drug-likeness (QED) is 0.850. The topological polar surface area (TPSA) is 71.3 Å². The molecule has 1 aliphatic carbocycles. The molecule has 1 atom stereocenters. The van der Waals surface area contributed by atoms with Gasteiger partial charge in [0.05, 0.1) is 5.56 Å². The van der Waals surface area contributed by atoms with E-state index in [0.29, 0.717) is 5.41 Å². The second-order valence-electron chi connectivity index (χ2n) is 7.68. The van der Waals surface area contributed by atoms with Gasteiger partial charge in [0.25, 0.3) is 0 Å². The number of hydrogen-bond donors (Lipinski definition) is 1. The van der Waals surface area contributed by atoms with Crippen LogP contribution in [-0.4, -0.2) is 40.1 Å². The average Bonchev–Trinajstić information content (AvgIpc) is 3.25. The van der Waals surface area contributed by atoms with Crippen molar-refractivity contribution in [1.29, 1.82) is 0 Å². The van der Waals surface area contributed by atoms with Crippen molar-refractivity contribution in [3.8, 4) is 11.5 Å². The SMILES string of the molecule is C[C@@H](Nc1nnc(-c2cccc(C(F)(F)F)c2)o1)C(=O)N1CCC2(CC1)CC2. The Morgan fingerprint density at radius 3 is 2.57 bits per heavy atom.